The molecule has 0 unspecified atom stereocenters. The number of esters is 1. The number of carbonyl (C=O) groups is 2. The first-order valence-corrected chi connectivity index (χ1v) is 10.2. The molecule has 33 heavy (non-hydrogen) atoms. The van der Waals surface area contributed by atoms with Crippen molar-refractivity contribution in [3.8, 4) is 0 Å². The zero-order valence-corrected chi connectivity index (χ0v) is 17.7. The second-order valence-corrected chi connectivity index (χ2v) is 8.01. The number of fused-ring (bicyclic) bond motifs is 2. The average molecular weight is 458 g/mol. The third-order valence-corrected chi connectivity index (χ3v) is 5.86. The van der Waals surface area contributed by atoms with Crippen LogP contribution >= 0.6 is 0 Å². The summed E-state index contributed by atoms with van der Waals surface area (Å²) in [7, 11) is 0. The van der Waals surface area contributed by atoms with Crippen LogP contribution < -0.4 is 5.43 Å². The lowest BCUT2D eigenvalue weighted by Crippen LogP contribution is -2.60. The van der Waals surface area contributed by atoms with Crippen molar-refractivity contribution in [2.45, 2.75) is 51.0 Å². The van der Waals surface area contributed by atoms with Gasteiger partial charge in [0.05, 0.1) is 17.2 Å². The number of para-hydroxylation sites is 1. The van der Waals surface area contributed by atoms with Gasteiger partial charge in [0.15, 0.2) is 6.10 Å². The first-order chi connectivity index (χ1) is 15.6. The van der Waals surface area contributed by atoms with Crippen LogP contribution in [0.15, 0.2) is 39.5 Å². The number of carbonyl (C=O) groups excluding carboxylic acids is 1. The molecule has 10 heteroatoms. The van der Waals surface area contributed by atoms with Crippen molar-refractivity contribution in [2.24, 2.45) is 0 Å². The molecule has 4 rings (SSSR count). The Hall–Kier alpha value is -3.31. The lowest BCUT2D eigenvalue weighted by molar-refractivity contribution is -0.286. The SMILES string of the molecule is Cc1ccc2c(=O)c3cccc(CC(=O)O[C@@H]4O[C@H](C(=O)O)[C@@H](O)[C@H](O)[C@H]4O)c3oc2c1C. The van der Waals surface area contributed by atoms with Crippen LogP contribution in [-0.4, -0.2) is 63.1 Å². The molecule has 1 aliphatic rings. The summed E-state index contributed by atoms with van der Waals surface area (Å²) in [5.74, 6) is -2.52. The Bertz CT molecular complexity index is 1310. The van der Waals surface area contributed by atoms with E-state index in [9.17, 15) is 29.7 Å². The lowest BCUT2D eigenvalue weighted by Gasteiger charge is -2.37. The molecule has 4 N–H and O–H groups in total. The molecule has 3 aromatic rings. The number of hydrogen-bond donors (Lipinski definition) is 4. The number of carboxylic acids is 1. The highest BCUT2D eigenvalue weighted by Crippen LogP contribution is 2.27. The number of aliphatic hydroxyl groups excluding tert-OH is 3. The highest BCUT2D eigenvalue weighted by atomic mass is 16.7. The Morgan fingerprint density at radius 1 is 0.970 bits per heavy atom. The first-order valence-electron chi connectivity index (χ1n) is 10.2. The molecule has 1 fully saturated rings. The molecule has 1 aromatic heterocycles. The van der Waals surface area contributed by atoms with E-state index < -0.39 is 42.6 Å². The summed E-state index contributed by atoms with van der Waals surface area (Å²) in [5, 5.41) is 39.5. The van der Waals surface area contributed by atoms with E-state index in [0.29, 0.717) is 16.5 Å². The lowest BCUT2D eigenvalue weighted by atomic mass is 9.99. The molecular formula is C23H22O10. The van der Waals surface area contributed by atoms with E-state index in [2.05, 4.69) is 0 Å². The summed E-state index contributed by atoms with van der Waals surface area (Å²) < 4.78 is 16.0. The second kappa shape index (κ2) is 8.56. The van der Waals surface area contributed by atoms with Crippen LogP contribution in [0, 0.1) is 13.8 Å². The summed E-state index contributed by atoms with van der Waals surface area (Å²) in [5.41, 5.74) is 2.40. The average Bonchev–Trinajstić information content (AvgIpc) is 2.77. The molecule has 1 saturated heterocycles. The third-order valence-electron chi connectivity index (χ3n) is 5.86. The van der Waals surface area contributed by atoms with Crippen molar-refractivity contribution >= 4 is 33.9 Å². The van der Waals surface area contributed by atoms with Crippen molar-refractivity contribution in [1.82, 2.24) is 0 Å². The van der Waals surface area contributed by atoms with E-state index in [0.717, 1.165) is 11.1 Å². The Balaban J connectivity index is 1.65. The minimum Gasteiger partial charge on any atom is -0.479 e. The van der Waals surface area contributed by atoms with Gasteiger partial charge in [-0.3, -0.25) is 9.59 Å². The molecule has 0 spiro atoms. The van der Waals surface area contributed by atoms with Crippen LogP contribution in [0.2, 0.25) is 0 Å². The summed E-state index contributed by atoms with van der Waals surface area (Å²) in [4.78, 5) is 36.8. The molecular weight excluding hydrogens is 436 g/mol. The maximum absolute atomic E-state index is 13.0. The third kappa shape index (κ3) is 3.98. The Morgan fingerprint density at radius 3 is 2.36 bits per heavy atom. The molecule has 0 amide bonds. The smallest absolute Gasteiger partial charge is 0.335 e. The number of rotatable bonds is 4. The quantitative estimate of drug-likeness (QED) is 0.320. The van der Waals surface area contributed by atoms with E-state index in [4.69, 9.17) is 19.0 Å². The van der Waals surface area contributed by atoms with Crippen molar-refractivity contribution in [1.29, 1.82) is 0 Å². The maximum Gasteiger partial charge on any atom is 0.335 e. The van der Waals surface area contributed by atoms with Gasteiger partial charge in [-0.05, 0) is 37.1 Å². The van der Waals surface area contributed by atoms with Gasteiger partial charge in [0, 0.05) is 5.56 Å². The number of benzene rings is 2. The number of aliphatic carboxylic acids is 1. The first kappa shape index (κ1) is 22.9. The van der Waals surface area contributed by atoms with E-state index in [1.54, 1.807) is 24.3 Å². The fourth-order valence-corrected chi connectivity index (χ4v) is 3.85. The van der Waals surface area contributed by atoms with Crippen LogP contribution in [0.3, 0.4) is 0 Å². The Labute approximate surface area is 186 Å². The molecule has 5 atom stereocenters. The standard InChI is InChI=1S/C23H22O10/c1-9-6-7-13-15(25)12-5-3-4-11(20(12)32-19(13)10(9)2)8-14(24)31-23-18(28)16(26)17(27)21(33-23)22(29)30/h3-7,16-18,21,23,26-28H,8H2,1-2H3,(H,29,30)/t16-,17-,18+,21-,23+/m0/s1. The summed E-state index contributed by atoms with van der Waals surface area (Å²) >= 11 is 0. The van der Waals surface area contributed by atoms with Gasteiger partial charge >= 0.3 is 11.9 Å². The molecule has 10 nitrogen and oxygen atoms in total. The summed E-state index contributed by atoms with van der Waals surface area (Å²) in [6.45, 7) is 3.71. The molecule has 0 saturated carbocycles. The van der Waals surface area contributed by atoms with E-state index in [1.165, 1.54) is 0 Å². The molecule has 0 bridgehead atoms. The molecule has 2 aromatic carbocycles. The van der Waals surface area contributed by atoms with E-state index >= 15 is 0 Å². The van der Waals surface area contributed by atoms with E-state index in [-0.39, 0.29) is 22.8 Å². The van der Waals surface area contributed by atoms with Crippen molar-refractivity contribution < 1.29 is 43.9 Å². The zero-order chi connectivity index (χ0) is 24.0. The summed E-state index contributed by atoms with van der Waals surface area (Å²) in [6.07, 6.45) is -9.76. The van der Waals surface area contributed by atoms with Crippen LogP contribution in [0.4, 0.5) is 0 Å². The predicted octanol–water partition coefficient (Wildman–Crippen LogP) is 0.541. The van der Waals surface area contributed by atoms with Crippen LogP contribution in [-0.2, 0) is 25.5 Å². The predicted molar refractivity (Wildman–Crippen MR) is 114 cm³/mol. The zero-order valence-electron chi connectivity index (χ0n) is 17.7. The summed E-state index contributed by atoms with van der Waals surface area (Å²) in [6, 6.07) is 8.24. The maximum atomic E-state index is 13.0. The highest BCUT2D eigenvalue weighted by Gasteiger charge is 2.48. The van der Waals surface area contributed by atoms with Gasteiger partial charge < -0.3 is 34.3 Å². The van der Waals surface area contributed by atoms with Crippen molar-refractivity contribution in [3.63, 3.8) is 0 Å². The van der Waals surface area contributed by atoms with Crippen LogP contribution in [0.25, 0.3) is 21.9 Å². The van der Waals surface area contributed by atoms with Gasteiger partial charge in [0.25, 0.3) is 0 Å². The Morgan fingerprint density at radius 2 is 1.67 bits per heavy atom. The second-order valence-electron chi connectivity index (χ2n) is 8.01. The highest BCUT2D eigenvalue weighted by molar-refractivity contribution is 5.93. The monoisotopic (exact) mass is 458 g/mol. The van der Waals surface area contributed by atoms with Gasteiger partial charge in [-0.15, -0.1) is 0 Å². The van der Waals surface area contributed by atoms with Crippen molar-refractivity contribution in [2.75, 3.05) is 0 Å². The number of aryl methyl sites for hydroxylation is 2. The molecule has 0 radical (unpaired) electrons. The van der Waals surface area contributed by atoms with Gasteiger partial charge in [-0.25, -0.2) is 4.79 Å². The van der Waals surface area contributed by atoms with Crippen LogP contribution in [0.5, 0.6) is 0 Å². The van der Waals surface area contributed by atoms with Gasteiger partial charge in [0.1, 0.15) is 29.5 Å². The minimum atomic E-state index is -1.90. The fraction of sp³-hybridized carbons (Fsp3) is 0.348. The van der Waals surface area contributed by atoms with Gasteiger partial charge in [-0.2, -0.15) is 0 Å². The Kier molecular flexibility index (Phi) is 5.93. The van der Waals surface area contributed by atoms with Gasteiger partial charge in [-0.1, -0.05) is 18.2 Å². The number of ether oxygens (including phenoxy) is 2. The number of hydrogen-bond acceptors (Lipinski definition) is 9. The topological polar surface area (TPSA) is 164 Å². The van der Waals surface area contributed by atoms with Crippen LogP contribution in [0.1, 0.15) is 16.7 Å². The largest absolute Gasteiger partial charge is 0.479 e. The number of aliphatic hydroxyl groups is 3. The molecule has 174 valence electrons. The fourth-order valence-electron chi connectivity index (χ4n) is 3.85. The van der Waals surface area contributed by atoms with Crippen molar-refractivity contribution in [3.05, 3.63) is 57.2 Å². The number of carboxylic acid groups (broad SMARTS) is 1. The molecule has 1 aliphatic heterocycles. The molecule has 2 heterocycles. The normalized spacial score (nSPS) is 25.3. The van der Waals surface area contributed by atoms with E-state index in [1.807, 2.05) is 19.9 Å². The molecule has 0 aliphatic carbocycles. The van der Waals surface area contributed by atoms with Gasteiger partial charge in [0.2, 0.25) is 11.7 Å². The minimum absolute atomic E-state index is 0.199.